The summed E-state index contributed by atoms with van der Waals surface area (Å²) < 4.78 is 1.77. The van der Waals surface area contributed by atoms with Gasteiger partial charge in [-0.2, -0.15) is 0 Å². The summed E-state index contributed by atoms with van der Waals surface area (Å²) in [5.74, 6) is -1.58. The lowest BCUT2D eigenvalue weighted by Gasteiger charge is -1.97. The number of aryl methyl sites for hydroxylation is 1. The molecule has 0 unspecified atom stereocenters. The second-order valence-electron chi connectivity index (χ2n) is 3.60. The average molecular weight is 233 g/mol. The zero-order valence-corrected chi connectivity index (χ0v) is 9.17. The summed E-state index contributed by atoms with van der Waals surface area (Å²) in [4.78, 5) is 26.0. The lowest BCUT2D eigenvalue weighted by Crippen LogP contribution is -2.29. The first kappa shape index (κ1) is 11.1. The summed E-state index contributed by atoms with van der Waals surface area (Å²) in [6, 6.07) is 5.52. The van der Waals surface area contributed by atoms with E-state index < -0.39 is 18.4 Å². The van der Waals surface area contributed by atoms with Crippen LogP contribution >= 0.6 is 0 Å². The Hall–Kier alpha value is -2.37. The lowest BCUT2D eigenvalue weighted by atomic mass is 10.4. The lowest BCUT2D eigenvalue weighted by molar-refractivity contribution is -0.135. The third-order valence-corrected chi connectivity index (χ3v) is 2.33. The number of carboxylic acids is 1. The van der Waals surface area contributed by atoms with Crippen molar-refractivity contribution >= 4 is 17.5 Å². The van der Waals surface area contributed by atoms with Gasteiger partial charge in [0.05, 0.1) is 0 Å². The van der Waals surface area contributed by atoms with Crippen molar-refractivity contribution in [2.45, 2.75) is 6.92 Å². The quantitative estimate of drug-likeness (QED) is 0.806. The SMILES string of the molecule is Cc1cccc2nc(C(=O)NCC(=O)O)cn12. The number of carboxylic acid groups (broad SMARTS) is 1. The van der Waals surface area contributed by atoms with Crippen LogP contribution in [-0.4, -0.2) is 32.9 Å². The molecule has 0 saturated carbocycles. The Balaban J connectivity index is 2.27. The summed E-state index contributed by atoms with van der Waals surface area (Å²) in [7, 11) is 0. The Morgan fingerprint density at radius 1 is 1.47 bits per heavy atom. The van der Waals surface area contributed by atoms with Crippen LogP contribution in [0.2, 0.25) is 0 Å². The van der Waals surface area contributed by atoms with Crippen molar-refractivity contribution in [3.05, 3.63) is 35.8 Å². The molecular formula is C11H11N3O3. The molecule has 2 aromatic heterocycles. The van der Waals surface area contributed by atoms with E-state index in [0.29, 0.717) is 5.65 Å². The minimum Gasteiger partial charge on any atom is -0.480 e. The Labute approximate surface area is 96.9 Å². The van der Waals surface area contributed by atoms with E-state index in [1.807, 2.05) is 19.1 Å². The fourth-order valence-corrected chi connectivity index (χ4v) is 1.50. The predicted molar refractivity (Wildman–Crippen MR) is 59.9 cm³/mol. The smallest absolute Gasteiger partial charge is 0.322 e. The second kappa shape index (κ2) is 4.25. The first-order valence-electron chi connectivity index (χ1n) is 5.02. The van der Waals surface area contributed by atoms with Gasteiger partial charge in [-0.25, -0.2) is 4.98 Å². The molecule has 17 heavy (non-hydrogen) atoms. The van der Waals surface area contributed by atoms with Crippen molar-refractivity contribution in [1.82, 2.24) is 14.7 Å². The van der Waals surface area contributed by atoms with Crippen LogP contribution in [0.25, 0.3) is 5.65 Å². The first-order chi connectivity index (χ1) is 8.08. The van der Waals surface area contributed by atoms with Crippen molar-refractivity contribution < 1.29 is 14.7 Å². The molecule has 0 spiro atoms. The van der Waals surface area contributed by atoms with Gasteiger partial charge in [-0.3, -0.25) is 9.59 Å². The summed E-state index contributed by atoms with van der Waals surface area (Å²) in [6.45, 7) is 1.49. The van der Waals surface area contributed by atoms with Gasteiger partial charge < -0.3 is 14.8 Å². The van der Waals surface area contributed by atoms with E-state index in [-0.39, 0.29) is 5.69 Å². The Bertz CT molecular complexity index is 589. The number of rotatable bonds is 3. The maximum atomic E-state index is 11.6. The van der Waals surface area contributed by atoms with Gasteiger partial charge in [-0.15, -0.1) is 0 Å². The van der Waals surface area contributed by atoms with Gasteiger partial charge in [0.2, 0.25) is 0 Å². The Morgan fingerprint density at radius 3 is 2.88 bits per heavy atom. The molecule has 2 aromatic rings. The molecule has 0 aliphatic heterocycles. The summed E-state index contributed by atoms with van der Waals surface area (Å²) in [6.07, 6.45) is 1.59. The largest absolute Gasteiger partial charge is 0.480 e. The standard InChI is InChI=1S/C11H11N3O3/c1-7-3-2-4-9-13-8(6-14(7)9)11(17)12-5-10(15)16/h2-4,6H,5H2,1H3,(H,12,17)(H,15,16). The van der Waals surface area contributed by atoms with Crippen molar-refractivity contribution in [2.75, 3.05) is 6.54 Å². The number of aliphatic carboxylic acids is 1. The molecule has 6 nitrogen and oxygen atoms in total. The van der Waals surface area contributed by atoms with Crippen LogP contribution in [0.15, 0.2) is 24.4 Å². The Morgan fingerprint density at radius 2 is 2.24 bits per heavy atom. The summed E-state index contributed by atoms with van der Waals surface area (Å²) in [5.41, 5.74) is 1.82. The van der Waals surface area contributed by atoms with E-state index in [4.69, 9.17) is 5.11 Å². The number of pyridine rings is 1. The Kier molecular flexibility index (Phi) is 2.78. The highest BCUT2D eigenvalue weighted by Crippen LogP contribution is 2.08. The highest BCUT2D eigenvalue weighted by atomic mass is 16.4. The molecule has 0 atom stereocenters. The zero-order chi connectivity index (χ0) is 12.4. The molecule has 0 bridgehead atoms. The van der Waals surface area contributed by atoms with E-state index in [9.17, 15) is 9.59 Å². The van der Waals surface area contributed by atoms with E-state index in [1.54, 1.807) is 16.7 Å². The first-order valence-corrected chi connectivity index (χ1v) is 5.02. The maximum absolute atomic E-state index is 11.6. The summed E-state index contributed by atoms with van der Waals surface area (Å²) in [5, 5.41) is 10.7. The molecule has 0 radical (unpaired) electrons. The van der Waals surface area contributed by atoms with Crippen LogP contribution in [0.5, 0.6) is 0 Å². The van der Waals surface area contributed by atoms with Crippen molar-refractivity contribution in [1.29, 1.82) is 0 Å². The molecule has 0 aliphatic rings. The highest BCUT2D eigenvalue weighted by Gasteiger charge is 2.11. The number of aromatic nitrogens is 2. The molecule has 0 saturated heterocycles. The van der Waals surface area contributed by atoms with Crippen LogP contribution in [-0.2, 0) is 4.79 Å². The molecule has 0 aromatic carbocycles. The van der Waals surface area contributed by atoms with E-state index in [1.165, 1.54) is 0 Å². The van der Waals surface area contributed by atoms with Crippen LogP contribution < -0.4 is 5.32 Å². The minimum absolute atomic E-state index is 0.209. The number of amides is 1. The second-order valence-corrected chi connectivity index (χ2v) is 3.60. The van der Waals surface area contributed by atoms with Crippen molar-refractivity contribution in [3.8, 4) is 0 Å². The molecule has 6 heteroatoms. The van der Waals surface area contributed by atoms with E-state index in [2.05, 4.69) is 10.3 Å². The number of carbonyl (C=O) groups excluding carboxylic acids is 1. The third kappa shape index (κ3) is 2.25. The zero-order valence-electron chi connectivity index (χ0n) is 9.17. The van der Waals surface area contributed by atoms with Gasteiger partial charge in [-0.05, 0) is 19.1 Å². The normalized spacial score (nSPS) is 10.4. The van der Waals surface area contributed by atoms with Crippen LogP contribution in [0.4, 0.5) is 0 Å². The minimum atomic E-state index is -1.08. The fraction of sp³-hybridized carbons (Fsp3) is 0.182. The number of imidazole rings is 1. The van der Waals surface area contributed by atoms with Crippen LogP contribution in [0.3, 0.4) is 0 Å². The van der Waals surface area contributed by atoms with Crippen LogP contribution in [0.1, 0.15) is 16.2 Å². The number of nitrogens with zero attached hydrogens (tertiary/aromatic N) is 2. The van der Waals surface area contributed by atoms with Gasteiger partial charge in [0.1, 0.15) is 17.9 Å². The molecule has 2 heterocycles. The number of hydrogen-bond donors (Lipinski definition) is 2. The number of carbonyl (C=O) groups is 2. The average Bonchev–Trinajstić information content (AvgIpc) is 2.71. The maximum Gasteiger partial charge on any atom is 0.322 e. The van der Waals surface area contributed by atoms with E-state index >= 15 is 0 Å². The van der Waals surface area contributed by atoms with Gasteiger partial charge in [0.25, 0.3) is 5.91 Å². The molecule has 2 rings (SSSR count). The number of nitrogens with one attached hydrogen (secondary N) is 1. The van der Waals surface area contributed by atoms with Gasteiger partial charge in [0, 0.05) is 11.9 Å². The van der Waals surface area contributed by atoms with E-state index in [0.717, 1.165) is 5.69 Å². The highest BCUT2D eigenvalue weighted by molar-refractivity contribution is 5.94. The summed E-state index contributed by atoms with van der Waals surface area (Å²) >= 11 is 0. The molecule has 1 amide bonds. The number of hydrogen-bond acceptors (Lipinski definition) is 3. The molecule has 88 valence electrons. The molecule has 2 N–H and O–H groups in total. The van der Waals surface area contributed by atoms with Gasteiger partial charge in [-0.1, -0.05) is 6.07 Å². The van der Waals surface area contributed by atoms with Crippen molar-refractivity contribution in [3.63, 3.8) is 0 Å². The number of fused-ring (bicyclic) bond motifs is 1. The third-order valence-electron chi connectivity index (χ3n) is 2.33. The monoisotopic (exact) mass is 233 g/mol. The topological polar surface area (TPSA) is 83.7 Å². The molecular weight excluding hydrogens is 222 g/mol. The molecule has 0 aliphatic carbocycles. The molecule has 0 fully saturated rings. The van der Waals surface area contributed by atoms with Crippen LogP contribution in [0, 0.1) is 6.92 Å². The fourth-order valence-electron chi connectivity index (χ4n) is 1.50. The van der Waals surface area contributed by atoms with Gasteiger partial charge >= 0.3 is 5.97 Å². The predicted octanol–water partition coefficient (Wildman–Crippen LogP) is 0.457. The van der Waals surface area contributed by atoms with Gasteiger partial charge in [0.15, 0.2) is 0 Å². The van der Waals surface area contributed by atoms with Crippen molar-refractivity contribution in [2.24, 2.45) is 0 Å².